The van der Waals surface area contributed by atoms with Gasteiger partial charge in [-0.25, -0.2) is 0 Å². The summed E-state index contributed by atoms with van der Waals surface area (Å²) >= 11 is 0. The largest absolute Gasteiger partial charge is 0.493 e. The molecule has 0 saturated heterocycles. The average molecular weight is 379 g/mol. The molecule has 0 heterocycles. The summed E-state index contributed by atoms with van der Waals surface area (Å²) in [7, 11) is 6.11. The van der Waals surface area contributed by atoms with Gasteiger partial charge in [-0.1, -0.05) is 0 Å². The first-order chi connectivity index (χ1) is 13.0. The van der Waals surface area contributed by atoms with Gasteiger partial charge in [-0.15, -0.1) is 0 Å². The fourth-order valence-electron chi connectivity index (χ4n) is 3.48. The summed E-state index contributed by atoms with van der Waals surface area (Å²) in [4.78, 5) is 23.9. The number of hydrogen-bond acceptors (Lipinski definition) is 6. The van der Waals surface area contributed by atoms with E-state index in [0.717, 1.165) is 31.2 Å². The standard InChI is InChI=1S/C20H29NO6/c1-24-16-11-13(12-17(25-2)19(16)26-3)5-10-18(22)21-15-8-6-14(7-9-15)20(23)27-4/h11-12,14-15H,5-10H2,1-4H3,(H,21,22)/t14-,15+. The van der Waals surface area contributed by atoms with Crippen LogP contribution in [0.5, 0.6) is 17.2 Å². The fourth-order valence-corrected chi connectivity index (χ4v) is 3.48. The number of amides is 1. The molecular weight excluding hydrogens is 350 g/mol. The Morgan fingerprint density at radius 2 is 1.56 bits per heavy atom. The van der Waals surface area contributed by atoms with Crippen LogP contribution in [-0.4, -0.2) is 46.4 Å². The lowest BCUT2D eigenvalue weighted by atomic mass is 9.86. The number of benzene rings is 1. The normalized spacial score (nSPS) is 19.1. The molecule has 7 nitrogen and oxygen atoms in total. The van der Waals surface area contributed by atoms with Gasteiger partial charge < -0.3 is 24.3 Å². The molecule has 1 saturated carbocycles. The predicted octanol–water partition coefficient (Wildman–Crippen LogP) is 2.49. The molecule has 1 aromatic carbocycles. The van der Waals surface area contributed by atoms with Crippen molar-refractivity contribution in [3.8, 4) is 17.2 Å². The van der Waals surface area contributed by atoms with Crippen LogP contribution < -0.4 is 19.5 Å². The zero-order valence-electron chi connectivity index (χ0n) is 16.5. The topological polar surface area (TPSA) is 83.1 Å². The van der Waals surface area contributed by atoms with Gasteiger partial charge in [0.25, 0.3) is 0 Å². The summed E-state index contributed by atoms with van der Waals surface area (Å²) in [6.45, 7) is 0. The number of hydrogen-bond donors (Lipinski definition) is 1. The van der Waals surface area contributed by atoms with Crippen LogP contribution >= 0.6 is 0 Å². The number of nitrogens with one attached hydrogen (secondary N) is 1. The van der Waals surface area contributed by atoms with E-state index in [1.54, 1.807) is 21.3 Å². The molecule has 0 atom stereocenters. The van der Waals surface area contributed by atoms with E-state index < -0.39 is 0 Å². The number of esters is 1. The fraction of sp³-hybridized carbons (Fsp3) is 0.600. The van der Waals surface area contributed by atoms with Crippen LogP contribution in [0.4, 0.5) is 0 Å². The Morgan fingerprint density at radius 1 is 0.963 bits per heavy atom. The molecule has 150 valence electrons. The Morgan fingerprint density at radius 3 is 2.04 bits per heavy atom. The molecule has 7 heteroatoms. The molecule has 1 aliphatic carbocycles. The molecule has 1 aliphatic rings. The van der Waals surface area contributed by atoms with Gasteiger partial charge in [0, 0.05) is 12.5 Å². The van der Waals surface area contributed by atoms with Crippen molar-refractivity contribution in [2.45, 2.75) is 44.6 Å². The van der Waals surface area contributed by atoms with Crippen molar-refractivity contribution in [3.05, 3.63) is 17.7 Å². The molecule has 0 unspecified atom stereocenters. The third-order valence-electron chi connectivity index (χ3n) is 4.99. The van der Waals surface area contributed by atoms with Crippen LogP contribution in [0.2, 0.25) is 0 Å². The van der Waals surface area contributed by atoms with Crippen molar-refractivity contribution in [1.82, 2.24) is 5.32 Å². The Balaban J connectivity index is 1.86. The van der Waals surface area contributed by atoms with Gasteiger partial charge in [-0.3, -0.25) is 9.59 Å². The summed E-state index contributed by atoms with van der Waals surface area (Å²) in [6.07, 6.45) is 4.05. The Bertz CT molecular complexity index is 627. The summed E-state index contributed by atoms with van der Waals surface area (Å²) < 4.78 is 20.8. The summed E-state index contributed by atoms with van der Waals surface area (Å²) in [5.74, 6) is 1.51. The predicted molar refractivity (Wildman–Crippen MR) is 100 cm³/mol. The number of ether oxygens (including phenoxy) is 4. The number of aryl methyl sites for hydroxylation is 1. The highest BCUT2D eigenvalue weighted by Gasteiger charge is 2.27. The Labute approximate surface area is 160 Å². The SMILES string of the molecule is COc1cc(CCC(=O)N[C@H]2CC[C@@H](C(=O)OC)CC2)cc(OC)c1OC. The first kappa shape index (κ1) is 20.9. The van der Waals surface area contributed by atoms with E-state index in [1.165, 1.54) is 7.11 Å². The minimum Gasteiger partial charge on any atom is -0.493 e. The van der Waals surface area contributed by atoms with Crippen LogP contribution in [0.15, 0.2) is 12.1 Å². The second-order valence-electron chi connectivity index (χ2n) is 6.67. The lowest BCUT2D eigenvalue weighted by Gasteiger charge is -2.27. The quantitative estimate of drug-likeness (QED) is 0.699. The highest BCUT2D eigenvalue weighted by atomic mass is 16.5. The van der Waals surface area contributed by atoms with E-state index in [-0.39, 0.29) is 23.8 Å². The van der Waals surface area contributed by atoms with Gasteiger partial charge in [-0.2, -0.15) is 0 Å². The smallest absolute Gasteiger partial charge is 0.308 e. The first-order valence-corrected chi connectivity index (χ1v) is 9.18. The van der Waals surface area contributed by atoms with Gasteiger partial charge in [0.15, 0.2) is 11.5 Å². The molecule has 1 N–H and O–H groups in total. The highest BCUT2D eigenvalue weighted by molar-refractivity contribution is 5.77. The number of methoxy groups -OCH3 is 4. The second-order valence-corrected chi connectivity index (χ2v) is 6.67. The van der Waals surface area contributed by atoms with Crippen LogP contribution in [0, 0.1) is 5.92 Å². The third-order valence-corrected chi connectivity index (χ3v) is 4.99. The number of carbonyl (C=O) groups is 2. The molecule has 0 spiro atoms. The Kier molecular flexibility index (Phi) is 7.76. The molecule has 0 aliphatic heterocycles. The third kappa shape index (κ3) is 5.52. The average Bonchev–Trinajstić information content (AvgIpc) is 2.71. The Hall–Kier alpha value is -2.44. The van der Waals surface area contributed by atoms with Crippen molar-refractivity contribution in [3.63, 3.8) is 0 Å². The molecule has 0 radical (unpaired) electrons. The van der Waals surface area contributed by atoms with Crippen LogP contribution in [0.3, 0.4) is 0 Å². The zero-order valence-corrected chi connectivity index (χ0v) is 16.5. The van der Waals surface area contributed by atoms with Gasteiger partial charge in [-0.05, 0) is 49.8 Å². The lowest BCUT2D eigenvalue weighted by molar-refractivity contribution is -0.146. The number of carbonyl (C=O) groups excluding carboxylic acids is 2. The molecule has 1 fully saturated rings. The summed E-state index contributed by atoms with van der Waals surface area (Å²) in [5.41, 5.74) is 0.939. The number of rotatable bonds is 8. The highest BCUT2D eigenvalue weighted by Crippen LogP contribution is 2.38. The van der Waals surface area contributed by atoms with Crippen molar-refractivity contribution in [1.29, 1.82) is 0 Å². The van der Waals surface area contributed by atoms with E-state index in [0.29, 0.717) is 30.1 Å². The van der Waals surface area contributed by atoms with E-state index in [1.807, 2.05) is 12.1 Å². The summed E-state index contributed by atoms with van der Waals surface area (Å²) in [5, 5.41) is 3.07. The minimum atomic E-state index is -0.151. The molecule has 0 bridgehead atoms. The molecule has 27 heavy (non-hydrogen) atoms. The minimum absolute atomic E-state index is 0.00488. The molecule has 0 aromatic heterocycles. The molecular formula is C20H29NO6. The van der Waals surface area contributed by atoms with Crippen molar-refractivity contribution in [2.75, 3.05) is 28.4 Å². The van der Waals surface area contributed by atoms with E-state index in [4.69, 9.17) is 18.9 Å². The maximum absolute atomic E-state index is 12.3. The first-order valence-electron chi connectivity index (χ1n) is 9.18. The second kappa shape index (κ2) is 10.0. The molecule has 1 amide bonds. The van der Waals surface area contributed by atoms with Crippen LogP contribution in [0.1, 0.15) is 37.7 Å². The van der Waals surface area contributed by atoms with Crippen molar-refractivity contribution in [2.24, 2.45) is 5.92 Å². The van der Waals surface area contributed by atoms with Crippen LogP contribution in [0.25, 0.3) is 0 Å². The van der Waals surface area contributed by atoms with E-state index in [9.17, 15) is 9.59 Å². The van der Waals surface area contributed by atoms with Gasteiger partial charge in [0.2, 0.25) is 11.7 Å². The zero-order chi connectivity index (χ0) is 19.8. The van der Waals surface area contributed by atoms with E-state index >= 15 is 0 Å². The van der Waals surface area contributed by atoms with Gasteiger partial charge in [0.1, 0.15) is 0 Å². The monoisotopic (exact) mass is 379 g/mol. The van der Waals surface area contributed by atoms with Crippen LogP contribution in [-0.2, 0) is 20.7 Å². The molecule has 2 rings (SSSR count). The van der Waals surface area contributed by atoms with Gasteiger partial charge in [0.05, 0.1) is 34.4 Å². The van der Waals surface area contributed by atoms with Gasteiger partial charge >= 0.3 is 5.97 Å². The lowest BCUT2D eigenvalue weighted by Crippen LogP contribution is -2.39. The summed E-state index contributed by atoms with van der Waals surface area (Å²) in [6, 6.07) is 3.84. The van der Waals surface area contributed by atoms with E-state index in [2.05, 4.69) is 5.32 Å². The maximum Gasteiger partial charge on any atom is 0.308 e. The molecule has 1 aromatic rings. The maximum atomic E-state index is 12.3. The van der Waals surface area contributed by atoms with Crippen molar-refractivity contribution < 1.29 is 28.5 Å². The van der Waals surface area contributed by atoms with Crippen molar-refractivity contribution >= 4 is 11.9 Å².